The Morgan fingerprint density at radius 2 is 1.15 bits per heavy atom. The first-order valence-corrected chi connectivity index (χ1v) is 23.9. The van der Waals surface area contributed by atoms with E-state index in [1.807, 2.05) is 9.80 Å². The van der Waals surface area contributed by atoms with Gasteiger partial charge in [-0.15, -0.1) is 0 Å². The number of hydrogen-bond donors (Lipinski definition) is 2. The predicted molar refractivity (Wildman–Crippen MR) is 252 cm³/mol. The molecule has 0 radical (unpaired) electrons. The third kappa shape index (κ3) is 14.5. The monoisotopic (exact) mass is 957 g/mol. The number of hydrogen-bond acceptors (Lipinski definition) is 9. The molecule has 22 heteroatoms. The van der Waals surface area contributed by atoms with E-state index in [9.17, 15) is 26.4 Å². The van der Waals surface area contributed by atoms with Crippen molar-refractivity contribution in [2.75, 3.05) is 55.1 Å². The number of nitrogens with two attached hydrogens (primary N) is 1. The van der Waals surface area contributed by atoms with E-state index in [4.69, 9.17) is 71.0 Å². The molecule has 16 nitrogen and oxygen atoms in total. The van der Waals surface area contributed by atoms with Gasteiger partial charge in [0.2, 0.25) is 21.4 Å². The Balaban J connectivity index is 0.000000398. The summed E-state index contributed by atoms with van der Waals surface area (Å²) >= 11 is 23.3. The second-order valence-electron chi connectivity index (χ2n) is 15.0. The fraction of sp³-hybridized carbons (Fsp3) is 0.513. The van der Waals surface area contributed by atoms with Crippen molar-refractivity contribution in [3.8, 4) is 0 Å². The third-order valence-electron chi connectivity index (χ3n) is 9.30. The Kier molecular flexibility index (Phi) is 20.0. The Hall–Kier alpha value is -3.99. The van der Waals surface area contributed by atoms with Crippen molar-refractivity contribution in [2.24, 2.45) is 9.54 Å². The number of aliphatic hydroxyl groups is 1. The van der Waals surface area contributed by atoms with Gasteiger partial charge in [-0.1, -0.05) is 48.2 Å². The summed E-state index contributed by atoms with van der Waals surface area (Å²) in [5.41, 5.74) is -0.0144. The smallest absolute Gasteiger partial charge is 0.258 e. The summed E-state index contributed by atoms with van der Waals surface area (Å²) in [6, 6.07) is 9.55. The molecule has 2 aliphatic rings. The second-order valence-corrected chi connectivity index (χ2v) is 20.1. The molecular formula is C39H53Cl2N9O7S4. The van der Waals surface area contributed by atoms with Crippen LogP contribution in [0.4, 0.5) is 22.7 Å². The van der Waals surface area contributed by atoms with Crippen LogP contribution in [0.1, 0.15) is 73.1 Å². The zero-order valence-electron chi connectivity index (χ0n) is 35.3. The normalized spacial score (nSPS) is 16.0. The van der Waals surface area contributed by atoms with Gasteiger partial charge in [0.1, 0.15) is 17.4 Å². The molecule has 0 bridgehead atoms. The van der Waals surface area contributed by atoms with Gasteiger partial charge in [-0.2, -0.15) is 4.40 Å². The van der Waals surface area contributed by atoms with Gasteiger partial charge in [0.15, 0.2) is 10.2 Å². The number of sulfonamides is 2. The van der Waals surface area contributed by atoms with Crippen molar-refractivity contribution in [3.05, 3.63) is 69.3 Å². The van der Waals surface area contributed by atoms with E-state index in [0.717, 1.165) is 0 Å². The first-order chi connectivity index (χ1) is 28.3. The Morgan fingerprint density at radius 1 is 0.770 bits per heavy atom. The van der Waals surface area contributed by atoms with E-state index in [2.05, 4.69) is 14.1 Å². The van der Waals surface area contributed by atoms with Crippen LogP contribution in [-0.2, 0) is 29.6 Å². The maximum Gasteiger partial charge on any atom is 0.258 e. The van der Waals surface area contributed by atoms with E-state index < -0.39 is 31.1 Å². The molecular weight excluding hydrogens is 906 g/mol. The van der Waals surface area contributed by atoms with Gasteiger partial charge in [-0.05, 0) is 109 Å². The molecule has 61 heavy (non-hydrogen) atoms. The molecule has 2 amide bonds. The van der Waals surface area contributed by atoms with Crippen LogP contribution in [0.2, 0.25) is 10.0 Å². The quantitative estimate of drug-likeness (QED) is 0.0594. The number of aliphatic hydroxyl groups excluding tert-OH is 1. The van der Waals surface area contributed by atoms with Crippen LogP contribution >= 0.6 is 47.6 Å². The average Bonchev–Trinajstić information content (AvgIpc) is 3.44. The minimum Gasteiger partial charge on any atom is -0.397 e. The molecule has 0 aliphatic carbocycles. The van der Waals surface area contributed by atoms with E-state index in [0.29, 0.717) is 84.6 Å². The third-order valence-corrected chi connectivity index (χ3v) is 12.8. The van der Waals surface area contributed by atoms with E-state index in [1.54, 1.807) is 90.0 Å². The standard InChI is InChI=1S/C20H26ClN5O3S2.C17H21ClN4O3S2.C2H6O/c1-20(2)18(27)26(15-9-10-17(22-3)16(21)13-15)19(30)25(20)11-7-6-8-12-31(28,29)23-14-24(4)5;1-17(2)15(23)22(12-7-8-14(20-3)13(18)11-12)16(26)21(17)9-5-4-6-10-27(19,24)25;1-2-3/h9-10,13-14H,6-8,11-12H2,1-2,4-5H3;7-8,11H,4-6,9-10H2,1-2H3,(H2,19,24,25);3H,2H2,1H3. The largest absolute Gasteiger partial charge is 0.397 e. The molecule has 334 valence electrons. The van der Waals surface area contributed by atoms with Crippen molar-refractivity contribution in [3.63, 3.8) is 0 Å². The van der Waals surface area contributed by atoms with Crippen molar-refractivity contribution in [1.82, 2.24) is 14.7 Å². The van der Waals surface area contributed by atoms with Crippen LogP contribution < -0.4 is 14.9 Å². The van der Waals surface area contributed by atoms with Crippen LogP contribution in [0, 0.1) is 13.1 Å². The van der Waals surface area contributed by atoms with Gasteiger partial charge in [0.05, 0.1) is 36.0 Å². The number of primary sulfonamides is 1. The van der Waals surface area contributed by atoms with Crippen molar-refractivity contribution in [2.45, 2.75) is 84.2 Å². The molecule has 2 saturated heterocycles. The van der Waals surface area contributed by atoms with Crippen molar-refractivity contribution in [1.29, 1.82) is 0 Å². The summed E-state index contributed by atoms with van der Waals surface area (Å²) in [5.74, 6) is -0.437. The van der Waals surface area contributed by atoms with Crippen LogP contribution in [0.15, 0.2) is 40.8 Å². The summed E-state index contributed by atoms with van der Waals surface area (Å²) in [7, 11) is -3.53. The lowest BCUT2D eigenvalue weighted by molar-refractivity contribution is -0.124. The second kappa shape index (κ2) is 22.9. The molecule has 2 aromatic rings. The molecule has 2 fully saturated rings. The first-order valence-electron chi connectivity index (χ1n) is 19.0. The van der Waals surface area contributed by atoms with E-state index in [1.165, 1.54) is 16.1 Å². The Morgan fingerprint density at radius 3 is 1.48 bits per heavy atom. The highest BCUT2D eigenvalue weighted by Crippen LogP contribution is 2.38. The van der Waals surface area contributed by atoms with Gasteiger partial charge >= 0.3 is 0 Å². The number of carbonyl (C=O) groups excluding carboxylic acids is 2. The maximum absolute atomic E-state index is 13.1. The summed E-state index contributed by atoms with van der Waals surface area (Å²) in [6.07, 6.45) is 4.88. The lowest BCUT2D eigenvalue weighted by atomic mass is 10.0. The first kappa shape index (κ1) is 53.1. The van der Waals surface area contributed by atoms with E-state index >= 15 is 0 Å². The van der Waals surface area contributed by atoms with E-state index in [-0.39, 0.29) is 40.0 Å². The van der Waals surface area contributed by atoms with Gasteiger partial charge < -0.3 is 19.8 Å². The SMILES string of the molecule is CCO.[C-]#[N+]c1ccc(N2C(=O)C(C)(C)N(CCCCCS(=O)(=O)N=CN(C)C)C2=S)cc1Cl.[C-]#[N+]c1ccc(N2C(=O)C(C)(C)N(CCCCCS(N)(=O)=O)C2=S)cc1Cl. The highest BCUT2D eigenvalue weighted by atomic mass is 35.5. The van der Waals surface area contributed by atoms with Crippen molar-refractivity contribution < 1.29 is 31.5 Å². The van der Waals surface area contributed by atoms with Gasteiger partial charge in [-0.25, -0.2) is 31.7 Å². The van der Waals surface area contributed by atoms with Gasteiger partial charge in [0, 0.05) is 43.8 Å². The molecule has 3 N–H and O–H groups in total. The zero-order valence-corrected chi connectivity index (χ0v) is 40.0. The van der Waals surface area contributed by atoms with Gasteiger partial charge in [-0.3, -0.25) is 19.4 Å². The molecule has 2 heterocycles. The average molecular weight is 959 g/mol. The van der Waals surface area contributed by atoms with Crippen LogP contribution in [0.25, 0.3) is 9.69 Å². The number of unbranched alkanes of at least 4 members (excludes halogenated alkanes) is 4. The fourth-order valence-electron chi connectivity index (χ4n) is 6.03. The number of amides is 2. The summed E-state index contributed by atoms with van der Waals surface area (Å²) < 4.78 is 49.4. The summed E-state index contributed by atoms with van der Waals surface area (Å²) in [4.78, 5) is 40.8. The highest BCUT2D eigenvalue weighted by Gasteiger charge is 2.50. The lowest BCUT2D eigenvalue weighted by Gasteiger charge is -2.29. The number of benzene rings is 2. The van der Waals surface area contributed by atoms with Crippen LogP contribution in [0.5, 0.6) is 0 Å². The fourth-order valence-corrected chi connectivity index (χ4v) is 9.09. The predicted octanol–water partition coefficient (Wildman–Crippen LogP) is 6.75. The number of rotatable bonds is 16. The van der Waals surface area contributed by atoms with Gasteiger partial charge in [0.25, 0.3) is 21.8 Å². The van der Waals surface area contributed by atoms with Crippen LogP contribution in [0.3, 0.4) is 0 Å². The molecule has 0 saturated carbocycles. The number of nitrogens with zero attached hydrogens (tertiary/aromatic N) is 8. The number of halogens is 2. The molecule has 0 atom stereocenters. The topological polar surface area (TPSA) is 186 Å². The summed E-state index contributed by atoms with van der Waals surface area (Å²) in [6.45, 7) is 24.3. The van der Waals surface area contributed by atoms with Crippen molar-refractivity contribution >= 4 is 119 Å². The maximum atomic E-state index is 13.1. The lowest BCUT2D eigenvalue weighted by Crippen LogP contribution is -2.44. The zero-order chi connectivity index (χ0) is 46.5. The molecule has 2 aromatic carbocycles. The Labute approximate surface area is 381 Å². The summed E-state index contributed by atoms with van der Waals surface area (Å²) in [5, 5.41) is 13.8. The molecule has 0 spiro atoms. The highest BCUT2D eigenvalue weighted by molar-refractivity contribution is 7.90. The Bertz CT molecular complexity index is 2280. The number of thiocarbonyl (C=S) groups is 2. The number of anilines is 2. The molecule has 4 rings (SSSR count). The molecule has 2 aliphatic heterocycles. The van der Waals surface area contributed by atoms with Crippen LogP contribution in [-0.4, -0.2) is 121 Å². The molecule has 0 unspecified atom stereocenters. The minimum atomic E-state index is -3.48. The number of carbonyl (C=O) groups is 2. The molecule has 0 aromatic heterocycles. The minimum absolute atomic E-state index is 0.0257.